The molecule has 7 nitrogen and oxygen atoms in total. The van der Waals surface area contributed by atoms with Crippen molar-refractivity contribution in [2.75, 3.05) is 6.61 Å². The van der Waals surface area contributed by atoms with Crippen LogP contribution in [0, 0.1) is 13.8 Å². The molecule has 0 unspecified atom stereocenters. The van der Waals surface area contributed by atoms with Gasteiger partial charge in [-0.3, -0.25) is 0 Å². The minimum Gasteiger partial charge on any atom is -0.376 e. The highest BCUT2D eigenvalue weighted by molar-refractivity contribution is 7.99. The third-order valence-electron chi connectivity index (χ3n) is 4.82. The van der Waals surface area contributed by atoms with Crippen molar-refractivity contribution in [2.24, 2.45) is 0 Å². The van der Waals surface area contributed by atoms with Gasteiger partial charge in [0.05, 0.1) is 17.5 Å². The van der Waals surface area contributed by atoms with E-state index in [1.54, 1.807) is 22.7 Å². The molecule has 0 N–H and O–H groups in total. The Morgan fingerprint density at radius 3 is 3.04 bits per heavy atom. The molecular formula is C18H18N6OS3. The van der Waals surface area contributed by atoms with E-state index in [0.29, 0.717) is 6.54 Å². The Bertz CT molecular complexity index is 1110. The number of hydrogen-bond donors (Lipinski definition) is 0. The molecule has 144 valence electrons. The molecule has 1 fully saturated rings. The summed E-state index contributed by atoms with van der Waals surface area (Å²) in [6, 6.07) is 4.07. The first-order valence-corrected chi connectivity index (χ1v) is 11.6. The number of aromatic nitrogens is 6. The van der Waals surface area contributed by atoms with Gasteiger partial charge >= 0.3 is 0 Å². The van der Waals surface area contributed by atoms with Crippen molar-refractivity contribution < 1.29 is 4.74 Å². The Morgan fingerprint density at radius 1 is 1.32 bits per heavy atom. The van der Waals surface area contributed by atoms with Crippen LogP contribution in [0.25, 0.3) is 20.9 Å². The summed E-state index contributed by atoms with van der Waals surface area (Å²) in [5.41, 5.74) is 1.22. The number of hydrogen-bond acceptors (Lipinski definition) is 9. The van der Waals surface area contributed by atoms with E-state index in [0.717, 1.165) is 50.5 Å². The van der Waals surface area contributed by atoms with Gasteiger partial charge in [0.25, 0.3) is 0 Å². The van der Waals surface area contributed by atoms with Gasteiger partial charge in [-0.25, -0.2) is 14.6 Å². The second-order valence-corrected chi connectivity index (χ2v) is 9.78. The summed E-state index contributed by atoms with van der Waals surface area (Å²) in [7, 11) is 0. The van der Waals surface area contributed by atoms with E-state index in [4.69, 9.17) is 14.7 Å². The second kappa shape index (κ2) is 7.51. The normalized spacial score (nSPS) is 17.0. The molecule has 0 radical (unpaired) electrons. The molecule has 0 amide bonds. The van der Waals surface area contributed by atoms with E-state index in [9.17, 15) is 0 Å². The zero-order chi connectivity index (χ0) is 19.1. The zero-order valence-corrected chi connectivity index (χ0v) is 17.9. The molecule has 0 aliphatic carbocycles. The fourth-order valence-corrected chi connectivity index (χ4v) is 5.96. The van der Waals surface area contributed by atoms with Crippen LogP contribution in [0.1, 0.15) is 23.3 Å². The van der Waals surface area contributed by atoms with Gasteiger partial charge in [0.1, 0.15) is 9.86 Å². The SMILES string of the molecule is Cc1sc2nc(-c3cccs3)nc(Sc3nnnn3C[C@H]3CCCO3)c2c1C. The largest absolute Gasteiger partial charge is 0.376 e. The van der Waals surface area contributed by atoms with Gasteiger partial charge in [0.2, 0.25) is 5.16 Å². The maximum Gasteiger partial charge on any atom is 0.215 e. The first kappa shape index (κ1) is 18.2. The highest BCUT2D eigenvalue weighted by Gasteiger charge is 2.22. The average Bonchev–Trinajstić information content (AvgIpc) is 3.47. The van der Waals surface area contributed by atoms with Crippen molar-refractivity contribution in [3.05, 3.63) is 28.0 Å². The number of tetrazole rings is 1. The predicted molar refractivity (Wildman–Crippen MR) is 111 cm³/mol. The molecule has 0 spiro atoms. The molecule has 1 atom stereocenters. The quantitative estimate of drug-likeness (QED) is 0.435. The highest BCUT2D eigenvalue weighted by Crippen LogP contribution is 2.39. The summed E-state index contributed by atoms with van der Waals surface area (Å²) in [6.07, 6.45) is 2.33. The molecule has 5 heterocycles. The molecule has 4 aromatic heterocycles. The molecule has 0 aromatic carbocycles. The maximum absolute atomic E-state index is 5.74. The minimum atomic E-state index is 0.181. The Kier molecular flexibility index (Phi) is 4.87. The van der Waals surface area contributed by atoms with Crippen molar-refractivity contribution in [1.29, 1.82) is 0 Å². The molecule has 0 saturated carbocycles. The number of thiophene rings is 2. The first-order chi connectivity index (χ1) is 13.7. The van der Waals surface area contributed by atoms with Crippen molar-refractivity contribution in [3.8, 4) is 10.7 Å². The van der Waals surface area contributed by atoms with Crippen LogP contribution in [0.15, 0.2) is 27.7 Å². The Hall–Kier alpha value is -1.88. The molecule has 5 rings (SSSR count). The Morgan fingerprint density at radius 2 is 2.25 bits per heavy atom. The summed E-state index contributed by atoms with van der Waals surface area (Å²) in [4.78, 5) is 13.0. The lowest BCUT2D eigenvalue weighted by Gasteiger charge is -2.10. The fourth-order valence-electron chi connectivity index (χ4n) is 3.25. The van der Waals surface area contributed by atoms with Crippen molar-refractivity contribution in [2.45, 2.75) is 49.5 Å². The van der Waals surface area contributed by atoms with Gasteiger partial charge in [-0.1, -0.05) is 6.07 Å². The van der Waals surface area contributed by atoms with Gasteiger partial charge in [-0.05, 0) is 65.9 Å². The summed E-state index contributed by atoms with van der Waals surface area (Å²) < 4.78 is 7.57. The standard InChI is InChI=1S/C18H18N6OS3/c1-10-11(2)27-16-14(10)17(20-15(19-16)13-6-4-8-26-13)28-18-21-22-23-24(18)9-12-5-3-7-25-12/h4,6,8,12H,3,5,7,9H2,1-2H3/t12-/m1/s1. The lowest BCUT2D eigenvalue weighted by molar-refractivity contribution is 0.0912. The van der Waals surface area contributed by atoms with Gasteiger partial charge < -0.3 is 4.74 Å². The van der Waals surface area contributed by atoms with Crippen LogP contribution in [-0.4, -0.2) is 42.9 Å². The monoisotopic (exact) mass is 430 g/mol. The topological polar surface area (TPSA) is 78.6 Å². The summed E-state index contributed by atoms with van der Waals surface area (Å²) >= 11 is 4.86. The lowest BCUT2D eigenvalue weighted by Crippen LogP contribution is -2.16. The number of fused-ring (bicyclic) bond motifs is 1. The van der Waals surface area contributed by atoms with Gasteiger partial charge in [-0.15, -0.1) is 27.8 Å². The average molecular weight is 431 g/mol. The van der Waals surface area contributed by atoms with E-state index in [2.05, 4.69) is 35.4 Å². The second-order valence-electron chi connectivity index (χ2n) is 6.67. The molecule has 1 aliphatic heterocycles. The van der Waals surface area contributed by atoms with E-state index in [-0.39, 0.29) is 6.10 Å². The van der Waals surface area contributed by atoms with Crippen LogP contribution >= 0.6 is 34.4 Å². The van der Waals surface area contributed by atoms with Crippen LogP contribution in [0.2, 0.25) is 0 Å². The van der Waals surface area contributed by atoms with Crippen LogP contribution in [0.3, 0.4) is 0 Å². The smallest absolute Gasteiger partial charge is 0.215 e. The highest BCUT2D eigenvalue weighted by atomic mass is 32.2. The molecule has 0 bridgehead atoms. The van der Waals surface area contributed by atoms with Crippen molar-refractivity contribution >= 4 is 44.7 Å². The van der Waals surface area contributed by atoms with Crippen molar-refractivity contribution in [3.63, 3.8) is 0 Å². The van der Waals surface area contributed by atoms with Crippen LogP contribution < -0.4 is 0 Å². The van der Waals surface area contributed by atoms with E-state index < -0.39 is 0 Å². The van der Waals surface area contributed by atoms with Crippen LogP contribution in [0.5, 0.6) is 0 Å². The van der Waals surface area contributed by atoms with Gasteiger partial charge in [0.15, 0.2) is 5.82 Å². The number of nitrogens with zero attached hydrogens (tertiary/aromatic N) is 6. The number of ether oxygens (including phenoxy) is 1. The summed E-state index contributed by atoms with van der Waals surface area (Å²) in [6.45, 7) is 5.74. The van der Waals surface area contributed by atoms with Gasteiger partial charge in [0, 0.05) is 16.9 Å². The van der Waals surface area contributed by atoms with Gasteiger partial charge in [-0.2, -0.15) is 0 Å². The van der Waals surface area contributed by atoms with E-state index in [1.807, 2.05) is 16.1 Å². The minimum absolute atomic E-state index is 0.181. The number of aryl methyl sites for hydroxylation is 2. The van der Waals surface area contributed by atoms with Crippen LogP contribution in [0.4, 0.5) is 0 Å². The lowest BCUT2D eigenvalue weighted by atomic mass is 10.2. The Labute approximate surface area is 174 Å². The summed E-state index contributed by atoms with van der Waals surface area (Å²) in [5, 5.41) is 17.1. The third kappa shape index (κ3) is 3.34. The predicted octanol–water partition coefficient (Wildman–Crippen LogP) is 4.35. The van der Waals surface area contributed by atoms with Crippen molar-refractivity contribution in [1.82, 2.24) is 30.2 Å². The molecule has 1 aliphatic rings. The van der Waals surface area contributed by atoms with Crippen LogP contribution in [-0.2, 0) is 11.3 Å². The molecule has 4 aromatic rings. The molecule has 1 saturated heterocycles. The third-order valence-corrected chi connectivity index (χ3v) is 7.76. The molecule has 28 heavy (non-hydrogen) atoms. The Balaban J connectivity index is 1.56. The molecule has 10 heteroatoms. The maximum atomic E-state index is 5.74. The fraction of sp³-hybridized carbons (Fsp3) is 0.389. The number of rotatable bonds is 5. The van der Waals surface area contributed by atoms with E-state index in [1.165, 1.54) is 22.2 Å². The zero-order valence-electron chi connectivity index (χ0n) is 15.5. The van der Waals surface area contributed by atoms with E-state index >= 15 is 0 Å². The molecular weight excluding hydrogens is 412 g/mol. The summed E-state index contributed by atoms with van der Waals surface area (Å²) in [5.74, 6) is 0.754. The first-order valence-electron chi connectivity index (χ1n) is 9.06.